The first kappa shape index (κ1) is 16.2. The van der Waals surface area contributed by atoms with Gasteiger partial charge >= 0.3 is 0 Å². The molecule has 0 saturated carbocycles. The monoisotopic (exact) mass is 306 g/mol. The number of rotatable bonds is 6. The van der Waals surface area contributed by atoms with E-state index in [4.69, 9.17) is 22.1 Å². The molecule has 0 aliphatic rings. The Kier molecular flexibility index (Phi) is 5.61. The van der Waals surface area contributed by atoms with Crippen molar-refractivity contribution in [1.29, 1.82) is 0 Å². The summed E-state index contributed by atoms with van der Waals surface area (Å²) in [5.41, 5.74) is 6.58. The lowest BCUT2D eigenvalue weighted by Gasteiger charge is -2.14. The Morgan fingerprint density at radius 2 is 2.11 bits per heavy atom. The molecule has 0 fully saturated rings. The summed E-state index contributed by atoms with van der Waals surface area (Å²) in [5, 5.41) is 0.299. The molecular weight excluding hydrogens is 288 g/mol. The summed E-state index contributed by atoms with van der Waals surface area (Å²) < 4.78 is 31.9. The van der Waals surface area contributed by atoms with Crippen LogP contribution in [-0.4, -0.2) is 28.7 Å². The second-order valence-electron chi connectivity index (χ2n) is 4.53. The molecule has 0 bridgehead atoms. The maximum absolute atomic E-state index is 12.2. The molecule has 0 radical (unpaired) electrons. The van der Waals surface area contributed by atoms with Gasteiger partial charge in [-0.05, 0) is 30.5 Å². The van der Waals surface area contributed by atoms with Crippen molar-refractivity contribution < 1.29 is 13.2 Å². The number of sulfonamides is 1. The Hall–Kier alpha value is -0.820. The molecule has 3 N–H and O–H groups in total. The van der Waals surface area contributed by atoms with Gasteiger partial charge in [0, 0.05) is 31.0 Å². The third-order valence-electron chi connectivity index (χ3n) is 2.73. The Labute approximate surface area is 119 Å². The number of nitrogens with two attached hydrogens (primary N) is 1. The zero-order valence-electron chi connectivity index (χ0n) is 11.2. The largest absolute Gasteiger partial charge is 0.398 e. The van der Waals surface area contributed by atoms with Crippen LogP contribution in [-0.2, 0) is 14.8 Å². The SMILES string of the molecule is COCC(C)CNS(=O)(=O)c1cc(Cl)cc(N)c1C. The fourth-order valence-electron chi connectivity index (χ4n) is 1.63. The van der Waals surface area contributed by atoms with Gasteiger partial charge in [-0.15, -0.1) is 0 Å². The minimum absolute atomic E-state index is 0.0802. The van der Waals surface area contributed by atoms with Gasteiger partial charge in [-0.2, -0.15) is 0 Å². The molecule has 0 heterocycles. The van der Waals surface area contributed by atoms with Crippen LogP contribution in [0.3, 0.4) is 0 Å². The van der Waals surface area contributed by atoms with Crippen LogP contribution in [0.25, 0.3) is 0 Å². The molecule has 0 aliphatic carbocycles. The highest BCUT2D eigenvalue weighted by Crippen LogP contribution is 2.25. The molecule has 0 saturated heterocycles. The van der Waals surface area contributed by atoms with Crippen molar-refractivity contribution in [1.82, 2.24) is 4.72 Å². The van der Waals surface area contributed by atoms with Gasteiger partial charge in [-0.25, -0.2) is 13.1 Å². The number of halogens is 1. The summed E-state index contributed by atoms with van der Waals surface area (Å²) in [7, 11) is -2.04. The van der Waals surface area contributed by atoms with Crippen LogP contribution in [0, 0.1) is 12.8 Å². The fourth-order valence-corrected chi connectivity index (χ4v) is 3.38. The van der Waals surface area contributed by atoms with Crippen molar-refractivity contribution in [2.75, 3.05) is 26.0 Å². The zero-order valence-corrected chi connectivity index (χ0v) is 12.8. The van der Waals surface area contributed by atoms with E-state index in [1.807, 2.05) is 6.92 Å². The molecule has 0 aliphatic heterocycles. The summed E-state index contributed by atoms with van der Waals surface area (Å²) in [6.45, 7) is 4.32. The summed E-state index contributed by atoms with van der Waals surface area (Å²) in [5.74, 6) is 0.0802. The molecule has 19 heavy (non-hydrogen) atoms. The van der Waals surface area contributed by atoms with E-state index in [9.17, 15) is 8.42 Å². The van der Waals surface area contributed by atoms with Crippen molar-refractivity contribution >= 4 is 27.3 Å². The molecule has 0 amide bonds. The first-order valence-corrected chi connectivity index (χ1v) is 7.68. The number of benzene rings is 1. The van der Waals surface area contributed by atoms with E-state index in [0.29, 0.717) is 29.4 Å². The molecule has 108 valence electrons. The van der Waals surface area contributed by atoms with Crippen molar-refractivity contribution in [3.05, 3.63) is 22.7 Å². The zero-order chi connectivity index (χ0) is 14.6. The van der Waals surface area contributed by atoms with Crippen molar-refractivity contribution in [3.63, 3.8) is 0 Å². The molecule has 1 aromatic carbocycles. The summed E-state index contributed by atoms with van der Waals surface area (Å²) in [4.78, 5) is 0.113. The number of ether oxygens (including phenoxy) is 1. The maximum atomic E-state index is 12.2. The first-order valence-electron chi connectivity index (χ1n) is 5.82. The summed E-state index contributed by atoms with van der Waals surface area (Å²) >= 11 is 5.85. The summed E-state index contributed by atoms with van der Waals surface area (Å²) in [6.07, 6.45) is 0. The average Bonchev–Trinajstić information content (AvgIpc) is 2.31. The van der Waals surface area contributed by atoms with Crippen LogP contribution in [0.15, 0.2) is 17.0 Å². The number of nitrogen functional groups attached to an aromatic ring is 1. The molecule has 5 nitrogen and oxygen atoms in total. The highest BCUT2D eigenvalue weighted by Gasteiger charge is 2.19. The second kappa shape index (κ2) is 6.56. The van der Waals surface area contributed by atoms with Crippen LogP contribution >= 0.6 is 11.6 Å². The maximum Gasteiger partial charge on any atom is 0.240 e. The predicted octanol–water partition coefficient (Wildman–Crippen LogP) is 1.79. The van der Waals surface area contributed by atoms with Crippen LogP contribution < -0.4 is 10.5 Å². The predicted molar refractivity (Wildman–Crippen MR) is 76.8 cm³/mol. The van der Waals surface area contributed by atoms with Gasteiger partial charge in [0.15, 0.2) is 0 Å². The molecule has 1 aromatic rings. The van der Waals surface area contributed by atoms with Gasteiger partial charge in [-0.3, -0.25) is 0 Å². The molecule has 1 rings (SSSR count). The minimum atomic E-state index is -3.62. The van der Waals surface area contributed by atoms with Gasteiger partial charge in [0.2, 0.25) is 10.0 Å². The number of nitrogens with one attached hydrogen (secondary N) is 1. The van der Waals surface area contributed by atoms with Gasteiger partial charge in [0.05, 0.1) is 4.90 Å². The van der Waals surface area contributed by atoms with Crippen LogP contribution in [0.5, 0.6) is 0 Å². The molecule has 1 atom stereocenters. The number of methoxy groups -OCH3 is 1. The Morgan fingerprint density at radius 1 is 1.47 bits per heavy atom. The van der Waals surface area contributed by atoms with Crippen molar-refractivity contribution in [2.45, 2.75) is 18.7 Å². The molecule has 1 unspecified atom stereocenters. The third-order valence-corrected chi connectivity index (χ3v) is 4.50. The Balaban J connectivity index is 2.95. The highest BCUT2D eigenvalue weighted by molar-refractivity contribution is 7.89. The average molecular weight is 307 g/mol. The molecule has 7 heteroatoms. The van der Waals surface area contributed by atoms with E-state index in [2.05, 4.69) is 4.72 Å². The fraction of sp³-hybridized carbons (Fsp3) is 0.500. The second-order valence-corrected chi connectivity index (χ2v) is 6.70. The first-order chi connectivity index (χ1) is 8.77. The lowest BCUT2D eigenvalue weighted by Crippen LogP contribution is -2.30. The third kappa shape index (κ3) is 4.35. The van der Waals surface area contributed by atoms with Crippen molar-refractivity contribution in [3.8, 4) is 0 Å². The Morgan fingerprint density at radius 3 is 2.68 bits per heavy atom. The minimum Gasteiger partial charge on any atom is -0.398 e. The van der Waals surface area contributed by atoms with E-state index in [0.717, 1.165) is 0 Å². The molecular formula is C12H19ClN2O3S. The van der Waals surface area contributed by atoms with Gasteiger partial charge < -0.3 is 10.5 Å². The van der Waals surface area contributed by atoms with Crippen LogP contribution in [0.4, 0.5) is 5.69 Å². The van der Waals surface area contributed by atoms with Crippen LogP contribution in [0.1, 0.15) is 12.5 Å². The van der Waals surface area contributed by atoms with Gasteiger partial charge in [0.1, 0.15) is 0 Å². The highest BCUT2D eigenvalue weighted by atomic mass is 35.5. The standard InChI is InChI=1S/C12H19ClN2O3S/c1-8(7-18-3)6-15-19(16,17)12-5-10(13)4-11(14)9(12)2/h4-5,8,15H,6-7,14H2,1-3H3. The van der Waals surface area contributed by atoms with E-state index >= 15 is 0 Å². The normalized spacial score (nSPS) is 13.5. The van der Waals surface area contributed by atoms with E-state index in [1.54, 1.807) is 14.0 Å². The number of hydrogen-bond donors (Lipinski definition) is 2. The quantitative estimate of drug-likeness (QED) is 0.785. The van der Waals surface area contributed by atoms with Gasteiger partial charge in [-0.1, -0.05) is 18.5 Å². The lowest BCUT2D eigenvalue weighted by atomic mass is 10.2. The number of anilines is 1. The lowest BCUT2D eigenvalue weighted by molar-refractivity contribution is 0.161. The van der Waals surface area contributed by atoms with Crippen molar-refractivity contribution in [2.24, 2.45) is 5.92 Å². The smallest absolute Gasteiger partial charge is 0.240 e. The van der Waals surface area contributed by atoms with Crippen LogP contribution in [0.2, 0.25) is 5.02 Å². The molecule has 0 aromatic heterocycles. The van der Waals surface area contributed by atoms with Gasteiger partial charge in [0.25, 0.3) is 0 Å². The summed E-state index contributed by atoms with van der Waals surface area (Å²) in [6, 6.07) is 2.93. The molecule has 0 spiro atoms. The van der Waals surface area contributed by atoms with E-state index < -0.39 is 10.0 Å². The topological polar surface area (TPSA) is 81.4 Å². The van der Waals surface area contributed by atoms with E-state index in [-0.39, 0.29) is 10.8 Å². The Bertz CT molecular complexity index is 546. The number of hydrogen-bond acceptors (Lipinski definition) is 4. The van der Waals surface area contributed by atoms with E-state index in [1.165, 1.54) is 12.1 Å².